The number of benzene rings is 1. The van der Waals surface area contributed by atoms with Crippen LogP contribution in [0.5, 0.6) is 0 Å². The van der Waals surface area contributed by atoms with E-state index in [1.165, 1.54) is 0 Å². The molecule has 0 aromatic heterocycles. The molecule has 6 heteroatoms. The molecule has 0 radical (unpaired) electrons. The first-order valence-corrected chi connectivity index (χ1v) is 6.81. The topological polar surface area (TPSA) is 86.4 Å². The Morgan fingerprint density at radius 1 is 1.19 bits per heavy atom. The van der Waals surface area contributed by atoms with Gasteiger partial charge in [-0.25, -0.2) is 0 Å². The summed E-state index contributed by atoms with van der Waals surface area (Å²) in [6.45, 7) is 4.24. The third-order valence-electron chi connectivity index (χ3n) is 2.67. The van der Waals surface area contributed by atoms with Crippen LogP contribution in [0.3, 0.4) is 0 Å². The number of quaternary nitrogens is 1. The van der Waals surface area contributed by atoms with E-state index in [1.54, 1.807) is 31.3 Å². The summed E-state index contributed by atoms with van der Waals surface area (Å²) in [5.41, 5.74) is 1.18. The first-order valence-electron chi connectivity index (χ1n) is 6.81. The Balaban J connectivity index is 2.42. The van der Waals surface area contributed by atoms with Crippen LogP contribution in [0.1, 0.15) is 19.4 Å². The monoisotopic (exact) mass is 289 g/mol. The quantitative estimate of drug-likeness (QED) is 0.662. The second-order valence-electron chi connectivity index (χ2n) is 5.27. The highest BCUT2D eigenvalue weighted by molar-refractivity contribution is 5.91. The van der Waals surface area contributed by atoms with Gasteiger partial charge in [0.05, 0.1) is 18.7 Å². The maximum Gasteiger partial charge on any atom is 0.279 e. The molecule has 0 saturated carbocycles. The lowest BCUT2D eigenvalue weighted by molar-refractivity contribution is -0.862. The summed E-state index contributed by atoms with van der Waals surface area (Å²) in [5, 5.41) is 14.2. The van der Waals surface area contributed by atoms with Crippen molar-refractivity contribution < 1.29 is 14.5 Å². The predicted molar refractivity (Wildman–Crippen MR) is 79.7 cm³/mol. The highest BCUT2D eigenvalue weighted by Gasteiger charge is 2.14. The number of hydrogen-bond donors (Lipinski definition) is 3. The summed E-state index contributed by atoms with van der Waals surface area (Å²) in [7, 11) is 1.79. The van der Waals surface area contributed by atoms with Crippen LogP contribution in [0.4, 0.5) is 5.69 Å². The Morgan fingerprint density at radius 3 is 2.29 bits per heavy atom. The van der Waals surface area contributed by atoms with Gasteiger partial charge in [-0.05, 0) is 38.1 Å². The number of amides is 2. The van der Waals surface area contributed by atoms with E-state index in [9.17, 15) is 9.59 Å². The largest absolute Gasteiger partial charge is 0.349 e. The van der Waals surface area contributed by atoms with Crippen LogP contribution in [0.25, 0.3) is 0 Å². The third kappa shape index (κ3) is 6.54. The minimum Gasteiger partial charge on any atom is -0.349 e. The SMILES string of the molecule is CC(C)NC(=O)C[NH+](C)CC(=O)Nc1ccc(C#N)cc1. The van der Waals surface area contributed by atoms with Gasteiger partial charge in [0.25, 0.3) is 11.8 Å². The molecule has 112 valence electrons. The smallest absolute Gasteiger partial charge is 0.279 e. The van der Waals surface area contributed by atoms with Gasteiger partial charge in [0.1, 0.15) is 0 Å². The molecule has 0 aliphatic heterocycles. The Morgan fingerprint density at radius 2 is 1.76 bits per heavy atom. The number of hydrogen-bond acceptors (Lipinski definition) is 3. The van der Waals surface area contributed by atoms with Crippen LogP contribution in [-0.4, -0.2) is 38.0 Å². The molecule has 0 fully saturated rings. The lowest BCUT2D eigenvalue weighted by atomic mass is 10.2. The molecule has 1 unspecified atom stereocenters. The van der Waals surface area contributed by atoms with Gasteiger partial charge in [0.2, 0.25) is 0 Å². The number of nitrogens with zero attached hydrogens (tertiary/aromatic N) is 1. The summed E-state index contributed by atoms with van der Waals surface area (Å²) in [6.07, 6.45) is 0. The van der Waals surface area contributed by atoms with Gasteiger partial charge >= 0.3 is 0 Å². The van der Waals surface area contributed by atoms with Gasteiger partial charge in [-0.3, -0.25) is 9.59 Å². The number of likely N-dealkylation sites (N-methyl/N-ethyl adjacent to an activating group) is 1. The number of nitrogens with one attached hydrogen (secondary N) is 3. The van der Waals surface area contributed by atoms with E-state index in [-0.39, 0.29) is 30.9 Å². The van der Waals surface area contributed by atoms with Crippen molar-refractivity contribution in [1.82, 2.24) is 5.32 Å². The third-order valence-corrected chi connectivity index (χ3v) is 2.67. The molecule has 0 heterocycles. The summed E-state index contributed by atoms with van der Waals surface area (Å²) >= 11 is 0. The van der Waals surface area contributed by atoms with Crippen molar-refractivity contribution in [1.29, 1.82) is 5.26 Å². The molecule has 1 aromatic carbocycles. The molecular formula is C15H21N4O2+. The summed E-state index contributed by atoms with van der Waals surface area (Å²) in [6, 6.07) is 8.75. The number of rotatable bonds is 6. The van der Waals surface area contributed by atoms with Crippen molar-refractivity contribution in [2.75, 3.05) is 25.5 Å². The van der Waals surface area contributed by atoms with Gasteiger partial charge in [0.15, 0.2) is 13.1 Å². The van der Waals surface area contributed by atoms with Crippen LogP contribution >= 0.6 is 0 Å². The average Bonchev–Trinajstić information content (AvgIpc) is 2.37. The molecule has 6 nitrogen and oxygen atoms in total. The minimum atomic E-state index is -0.172. The van der Waals surface area contributed by atoms with Crippen molar-refractivity contribution in [2.24, 2.45) is 0 Å². The molecule has 0 bridgehead atoms. The molecule has 3 N–H and O–H groups in total. The second-order valence-corrected chi connectivity index (χ2v) is 5.27. The van der Waals surface area contributed by atoms with E-state index in [4.69, 9.17) is 5.26 Å². The molecule has 1 aromatic rings. The van der Waals surface area contributed by atoms with Crippen LogP contribution in [-0.2, 0) is 9.59 Å². The summed E-state index contributed by atoms with van der Waals surface area (Å²) < 4.78 is 0. The number of anilines is 1. The van der Waals surface area contributed by atoms with Crippen molar-refractivity contribution >= 4 is 17.5 Å². The highest BCUT2D eigenvalue weighted by Crippen LogP contribution is 2.07. The molecule has 21 heavy (non-hydrogen) atoms. The van der Waals surface area contributed by atoms with Crippen LogP contribution in [0.2, 0.25) is 0 Å². The number of carbonyl (C=O) groups is 2. The lowest BCUT2D eigenvalue weighted by Crippen LogP contribution is -3.11. The van der Waals surface area contributed by atoms with Gasteiger partial charge < -0.3 is 15.5 Å². The van der Waals surface area contributed by atoms with E-state index in [0.29, 0.717) is 11.3 Å². The van der Waals surface area contributed by atoms with Crippen LogP contribution < -0.4 is 15.5 Å². The van der Waals surface area contributed by atoms with E-state index >= 15 is 0 Å². The standard InChI is InChI=1S/C15H20N4O2/c1-11(2)17-14(20)9-19(3)10-15(21)18-13-6-4-12(8-16)5-7-13/h4-7,11H,9-10H2,1-3H3,(H,17,20)(H,18,21)/p+1. The van der Waals surface area contributed by atoms with Gasteiger partial charge in [-0.1, -0.05) is 0 Å². The van der Waals surface area contributed by atoms with Crippen molar-refractivity contribution in [3.05, 3.63) is 29.8 Å². The van der Waals surface area contributed by atoms with Crippen molar-refractivity contribution in [3.8, 4) is 6.07 Å². The fourth-order valence-electron chi connectivity index (χ4n) is 1.82. The molecule has 1 atom stereocenters. The zero-order valence-corrected chi connectivity index (χ0v) is 12.6. The fourth-order valence-corrected chi connectivity index (χ4v) is 1.82. The Bertz CT molecular complexity index is 532. The zero-order chi connectivity index (χ0) is 15.8. The van der Waals surface area contributed by atoms with Crippen molar-refractivity contribution in [3.63, 3.8) is 0 Å². The predicted octanol–water partition coefficient (Wildman–Crippen LogP) is -0.464. The molecule has 0 aliphatic rings. The molecule has 1 rings (SSSR count). The summed E-state index contributed by atoms with van der Waals surface area (Å²) in [5.74, 6) is -0.247. The van der Waals surface area contributed by atoms with Crippen LogP contribution in [0.15, 0.2) is 24.3 Å². The van der Waals surface area contributed by atoms with Gasteiger partial charge in [-0.15, -0.1) is 0 Å². The lowest BCUT2D eigenvalue weighted by Gasteiger charge is -2.14. The first-order chi connectivity index (χ1) is 9.90. The van der Waals surface area contributed by atoms with E-state index in [1.807, 2.05) is 19.9 Å². The van der Waals surface area contributed by atoms with Gasteiger partial charge in [-0.2, -0.15) is 5.26 Å². The van der Waals surface area contributed by atoms with E-state index in [2.05, 4.69) is 10.6 Å². The molecule has 0 spiro atoms. The van der Waals surface area contributed by atoms with E-state index < -0.39 is 0 Å². The second kappa shape index (κ2) is 8.02. The average molecular weight is 289 g/mol. The fraction of sp³-hybridized carbons (Fsp3) is 0.400. The Hall–Kier alpha value is -2.39. The molecule has 2 amide bonds. The Labute approximate surface area is 124 Å². The first kappa shape index (κ1) is 16.7. The minimum absolute atomic E-state index is 0.0753. The van der Waals surface area contributed by atoms with Crippen LogP contribution in [0, 0.1) is 11.3 Å². The summed E-state index contributed by atoms with van der Waals surface area (Å²) in [4.78, 5) is 24.2. The molecule has 0 aliphatic carbocycles. The van der Waals surface area contributed by atoms with E-state index in [0.717, 1.165) is 4.90 Å². The molecule has 0 saturated heterocycles. The Kier molecular flexibility index (Phi) is 6.37. The van der Waals surface area contributed by atoms with Crippen molar-refractivity contribution in [2.45, 2.75) is 19.9 Å². The maximum absolute atomic E-state index is 11.9. The maximum atomic E-state index is 11.9. The normalized spacial score (nSPS) is 11.6. The van der Waals surface area contributed by atoms with Gasteiger partial charge in [0, 0.05) is 11.7 Å². The zero-order valence-electron chi connectivity index (χ0n) is 12.6. The molecular weight excluding hydrogens is 268 g/mol. The highest BCUT2D eigenvalue weighted by atomic mass is 16.2. The number of nitriles is 1. The number of carbonyl (C=O) groups excluding carboxylic acids is 2.